The second kappa shape index (κ2) is 8.60. The van der Waals surface area contributed by atoms with Crippen molar-refractivity contribution in [2.45, 2.75) is 13.0 Å². The van der Waals surface area contributed by atoms with Crippen LogP contribution in [-0.4, -0.2) is 30.8 Å². The molecular weight excluding hydrogens is 348 g/mol. The second-order valence-electron chi connectivity index (χ2n) is 4.93. The molecule has 1 atom stereocenters. The van der Waals surface area contributed by atoms with Gasteiger partial charge in [0.05, 0.1) is 12.3 Å². The molecule has 0 aliphatic heterocycles. The van der Waals surface area contributed by atoms with Gasteiger partial charge in [-0.2, -0.15) is 5.26 Å². The number of halogens is 1. The normalized spacial score (nSPS) is 12.5. The lowest BCUT2D eigenvalue weighted by atomic mass is 10.2. The van der Waals surface area contributed by atoms with Gasteiger partial charge in [0, 0.05) is 23.1 Å². The van der Waals surface area contributed by atoms with Gasteiger partial charge in [-0.1, -0.05) is 23.7 Å². The Bertz CT molecular complexity index is 778. The minimum Gasteiger partial charge on any atom is -0.456 e. The number of aromatic nitrogens is 1. The third kappa shape index (κ3) is 4.90. The van der Waals surface area contributed by atoms with Gasteiger partial charge in [-0.3, -0.25) is 0 Å². The lowest BCUT2D eigenvalue weighted by Crippen LogP contribution is -2.20. The van der Waals surface area contributed by atoms with Crippen LogP contribution in [0.15, 0.2) is 35.2 Å². The molecule has 0 radical (unpaired) electrons. The van der Waals surface area contributed by atoms with E-state index in [1.165, 1.54) is 24.5 Å². The molecular formula is C17H15ClN2O3S. The quantitative estimate of drug-likeness (QED) is 0.442. The molecule has 24 heavy (non-hydrogen) atoms. The third-order valence-electron chi connectivity index (χ3n) is 2.96. The van der Waals surface area contributed by atoms with E-state index in [2.05, 4.69) is 4.98 Å². The Morgan fingerprint density at radius 2 is 2.17 bits per heavy atom. The zero-order valence-electron chi connectivity index (χ0n) is 13.2. The zero-order valence-corrected chi connectivity index (χ0v) is 14.7. The lowest BCUT2D eigenvalue weighted by Gasteiger charge is -2.11. The first-order chi connectivity index (χ1) is 11.5. The summed E-state index contributed by atoms with van der Waals surface area (Å²) in [6.07, 6.45) is 0.983. The van der Waals surface area contributed by atoms with Crippen molar-refractivity contribution in [2.24, 2.45) is 0 Å². The number of hydrogen-bond donors (Lipinski definition) is 0. The molecule has 1 heterocycles. The van der Waals surface area contributed by atoms with Gasteiger partial charge in [0.1, 0.15) is 22.8 Å². The van der Waals surface area contributed by atoms with Crippen LogP contribution in [0.2, 0.25) is 5.02 Å². The summed E-state index contributed by atoms with van der Waals surface area (Å²) in [6.45, 7) is 1.96. The van der Waals surface area contributed by atoms with Gasteiger partial charge >= 0.3 is 5.97 Å². The fraction of sp³-hybridized carbons (Fsp3) is 0.235. The van der Waals surface area contributed by atoms with E-state index in [-0.39, 0.29) is 12.2 Å². The number of thiazole rings is 1. The van der Waals surface area contributed by atoms with Crippen LogP contribution in [0.3, 0.4) is 0 Å². The van der Waals surface area contributed by atoms with Crippen molar-refractivity contribution >= 4 is 35.0 Å². The van der Waals surface area contributed by atoms with E-state index in [1.54, 1.807) is 24.4 Å². The van der Waals surface area contributed by atoms with Crippen LogP contribution in [-0.2, 0) is 14.3 Å². The van der Waals surface area contributed by atoms with E-state index in [1.807, 2.05) is 18.2 Å². The summed E-state index contributed by atoms with van der Waals surface area (Å²) in [6, 6.07) is 9.13. The van der Waals surface area contributed by atoms with Crippen LogP contribution < -0.4 is 0 Å². The fourth-order valence-corrected chi connectivity index (χ4v) is 2.79. The van der Waals surface area contributed by atoms with Crippen molar-refractivity contribution < 1.29 is 14.3 Å². The molecule has 0 N–H and O–H groups in total. The number of carbonyl (C=O) groups is 1. The van der Waals surface area contributed by atoms with Gasteiger partial charge in [-0.05, 0) is 25.1 Å². The molecule has 0 spiro atoms. The fourth-order valence-electron chi connectivity index (χ4n) is 1.88. The molecule has 1 aromatic carbocycles. The first-order valence-corrected chi connectivity index (χ1v) is 8.32. The number of methoxy groups -OCH3 is 1. The van der Waals surface area contributed by atoms with Gasteiger partial charge in [-0.15, -0.1) is 11.3 Å². The molecule has 0 aliphatic rings. The summed E-state index contributed by atoms with van der Waals surface area (Å²) in [5.41, 5.74) is 1.34. The Morgan fingerprint density at radius 3 is 2.79 bits per heavy atom. The maximum atomic E-state index is 12.0. The molecule has 0 amide bonds. The van der Waals surface area contributed by atoms with Gasteiger partial charge < -0.3 is 9.47 Å². The number of benzene rings is 1. The number of esters is 1. The molecule has 0 aliphatic carbocycles. The molecule has 0 fully saturated rings. The smallest absolute Gasteiger partial charge is 0.349 e. The predicted octanol–water partition coefficient (Wildman–Crippen LogP) is 3.95. The van der Waals surface area contributed by atoms with E-state index in [0.717, 1.165) is 10.6 Å². The van der Waals surface area contributed by atoms with Crippen molar-refractivity contribution in [2.75, 3.05) is 13.7 Å². The summed E-state index contributed by atoms with van der Waals surface area (Å²) in [5, 5.41) is 12.4. The van der Waals surface area contributed by atoms with E-state index < -0.39 is 12.1 Å². The summed E-state index contributed by atoms with van der Waals surface area (Å²) in [5.74, 6) is -0.692. The van der Waals surface area contributed by atoms with E-state index in [9.17, 15) is 4.79 Å². The Hall–Kier alpha value is -2.20. The molecule has 0 saturated heterocycles. The number of hydrogen-bond acceptors (Lipinski definition) is 6. The predicted molar refractivity (Wildman–Crippen MR) is 93.6 cm³/mol. The molecule has 5 nitrogen and oxygen atoms in total. The van der Waals surface area contributed by atoms with E-state index >= 15 is 0 Å². The van der Waals surface area contributed by atoms with Crippen molar-refractivity contribution in [3.63, 3.8) is 0 Å². The first kappa shape index (κ1) is 18.1. The SMILES string of the molecule is COC[C@@H](C)OC(=O)/C(C#N)=C/c1csc(-c2ccc(Cl)cc2)n1. The summed E-state index contributed by atoms with van der Waals surface area (Å²) >= 11 is 7.28. The maximum Gasteiger partial charge on any atom is 0.349 e. The molecule has 0 saturated carbocycles. The van der Waals surface area contributed by atoms with Crippen LogP contribution in [0.25, 0.3) is 16.6 Å². The standard InChI is InChI=1S/C17H15ClN2O3S/c1-11(9-22-2)23-17(21)13(8-19)7-15-10-24-16(20-15)12-3-5-14(18)6-4-12/h3-7,10-11H,9H2,1-2H3/b13-7+/t11-/m1/s1. The van der Waals surface area contributed by atoms with Crippen LogP contribution in [0.1, 0.15) is 12.6 Å². The van der Waals surface area contributed by atoms with Crippen LogP contribution in [0.5, 0.6) is 0 Å². The monoisotopic (exact) mass is 362 g/mol. The highest BCUT2D eigenvalue weighted by Crippen LogP contribution is 2.26. The first-order valence-electron chi connectivity index (χ1n) is 7.06. The molecule has 2 aromatic rings. The van der Waals surface area contributed by atoms with Crippen LogP contribution in [0, 0.1) is 11.3 Å². The number of rotatable bonds is 6. The summed E-state index contributed by atoms with van der Waals surface area (Å²) < 4.78 is 10.0. The van der Waals surface area contributed by atoms with Crippen LogP contribution in [0.4, 0.5) is 0 Å². The number of carbonyl (C=O) groups excluding carboxylic acids is 1. The minimum atomic E-state index is -0.692. The van der Waals surface area contributed by atoms with Crippen molar-refractivity contribution in [3.8, 4) is 16.6 Å². The average Bonchev–Trinajstić information content (AvgIpc) is 3.02. The highest BCUT2D eigenvalue weighted by molar-refractivity contribution is 7.13. The zero-order chi connectivity index (χ0) is 17.5. The Labute approximate surface area is 149 Å². The van der Waals surface area contributed by atoms with Crippen molar-refractivity contribution in [3.05, 3.63) is 45.9 Å². The van der Waals surface area contributed by atoms with Gasteiger partial charge in [0.2, 0.25) is 0 Å². The summed E-state index contributed by atoms with van der Waals surface area (Å²) in [4.78, 5) is 16.4. The van der Waals surface area contributed by atoms with E-state index in [0.29, 0.717) is 10.7 Å². The minimum absolute atomic E-state index is 0.106. The molecule has 0 bridgehead atoms. The van der Waals surface area contributed by atoms with Gasteiger partial charge in [-0.25, -0.2) is 9.78 Å². The van der Waals surface area contributed by atoms with Crippen molar-refractivity contribution in [1.29, 1.82) is 5.26 Å². The second-order valence-corrected chi connectivity index (χ2v) is 6.22. The Balaban J connectivity index is 2.15. The van der Waals surface area contributed by atoms with Crippen molar-refractivity contribution in [1.82, 2.24) is 4.98 Å². The number of nitriles is 1. The Morgan fingerprint density at radius 1 is 1.46 bits per heavy atom. The van der Waals surface area contributed by atoms with Crippen LogP contribution >= 0.6 is 22.9 Å². The maximum absolute atomic E-state index is 12.0. The molecule has 0 unspecified atom stereocenters. The topological polar surface area (TPSA) is 72.2 Å². The molecule has 1 aromatic heterocycles. The average molecular weight is 363 g/mol. The number of ether oxygens (including phenoxy) is 2. The molecule has 124 valence electrons. The van der Waals surface area contributed by atoms with Gasteiger partial charge in [0.15, 0.2) is 0 Å². The highest BCUT2D eigenvalue weighted by Gasteiger charge is 2.15. The largest absolute Gasteiger partial charge is 0.456 e. The summed E-state index contributed by atoms with van der Waals surface area (Å²) in [7, 11) is 1.51. The van der Waals surface area contributed by atoms with Gasteiger partial charge in [0.25, 0.3) is 0 Å². The van der Waals surface area contributed by atoms with E-state index in [4.69, 9.17) is 26.3 Å². The lowest BCUT2D eigenvalue weighted by molar-refractivity contribution is -0.145. The number of nitrogens with zero attached hydrogens (tertiary/aromatic N) is 2. The molecule has 2 rings (SSSR count). The third-order valence-corrected chi connectivity index (χ3v) is 4.12. The Kier molecular flexibility index (Phi) is 6.50. The highest BCUT2D eigenvalue weighted by atomic mass is 35.5. The molecule has 7 heteroatoms.